The molecule has 6 nitrogen and oxygen atoms in total. The van der Waals surface area contributed by atoms with Crippen LogP contribution in [0.4, 0.5) is 5.69 Å². The normalized spacial score (nSPS) is 10.4. The molecule has 2 aromatic rings. The molecule has 0 atom stereocenters. The van der Waals surface area contributed by atoms with Gasteiger partial charge in [-0.2, -0.15) is 5.10 Å². The lowest BCUT2D eigenvalue weighted by molar-refractivity contribution is 0.0600. The fourth-order valence-corrected chi connectivity index (χ4v) is 1.69. The Morgan fingerprint density at radius 3 is 2.23 bits per heavy atom. The van der Waals surface area contributed by atoms with Crippen LogP contribution in [0.15, 0.2) is 53.6 Å². The van der Waals surface area contributed by atoms with E-state index in [0.717, 1.165) is 5.56 Å². The monoisotopic (exact) mass is 297 g/mol. The number of nitrogens with one attached hydrogen (secondary N) is 1. The summed E-state index contributed by atoms with van der Waals surface area (Å²) in [6.45, 7) is 0. The Morgan fingerprint density at radius 1 is 1.05 bits per heavy atom. The summed E-state index contributed by atoms with van der Waals surface area (Å²) in [6.07, 6.45) is 1.48. The standard InChI is InChI=1S/C16H15N3O3/c1-22-16(21)13-4-2-11(3-5-13)10-18-19-15(20)12-6-8-14(17)9-7-12/h2-10H,17H2,1H3,(H,19,20)/b18-10-. The van der Waals surface area contributed by atoms with Crippen LogP contribution >= 0.6 is 0 Å². The zero-order valence-corrected chi connectivity index (χ0v) is 11.9. The topological polar surface area (TPSA) is 93.8 Å². The Hall–Kier alpha value is -3.15. The molecule has 0 aliphatic rings. The first-order valence-corrected chi connectivity index (χ1v) is 6.47. The summed E-state index contributed by atoms with van der Waals surface area (Å²) in [4.78, 5) is 23.1. The van der Waals surface area contributed by atoms with Gasteiger partial charge in [0.25, 0.3) is 5.91 Å². The number of hydrogen-bond donors (Lipinski definition) is 2. The molecule has 0 fully saturated rings. The molecule has 0 radical (unpaired) electrons. The Bertz CT molecular complexity index is 692. The molecule has 0 aliphatic heterocycles. The van der Waals surface area contributed by atoms with Crippen molar-refractivity contribution in [2.75, 3.05) is 12.8 Å². The number of methoxy groups -OCH3 is 1. The van der Waals surface area contributed by atoms with Crippen molar-refractivity contribution in [1.29, 1.82) is 0 Å². The van der Waals surface area contributed by atoms with Crippen molar-refractivity contribution in [3.63, 3.8) is 0 Å². The van der Waals surface area contributed by atoms with Crippen molar-refractivity contribution in [3.05, 3.63) is 65.2 Å². The summed E-state index contributed by atoms with van der Waals surface area (Å²) in [6, 6.07) is 13.2. The van der Waals surface area contributed by atoms with Gasteiger partial charge in [-0.3, -0.25) is 4.79 Å². The summed E-state index contributed by atoms with van der Waals surface area (Å²) < 4.78 is 4.61. The van der Waals surface area contributed by atoms with E-state index >= 15 is 0 Å². The molecular weight excluding hydrogens is 282 g/mol. The predicted octanol–water partition coefficient (Wildman–Crippen LogP) is 1.82. The molecule has 2 aromatic carbocycles. The second-order valence-corrected chi connectivity index (χ2v) is 4.43. The highest BCUT2D eigenvalue weighted by atomic mass is 16.5. The van der Waals surface area contributed by atoms with Gasteiger partial charge in [0.15, 0.2) is 0 Å². The first-order valence-electron chi connectivity index (χ1n) is 6.47. The third-order valence-corrected chi connectivity index (χ3v) is 2.88. The smallest absolute Gasteiger partial charge is 0.337 e. The van der Waals surface area contributed by atoms with Gasteiger partial charge >= 0.3 is 5.97 Å². The summed E-state index contributed by atoms with van der Waals surface area (Å²) >= 11 is 0. The number of ether oxygens (including phenoxy) is 1. The summed E-state index contributed by atoms with van der Waals surface area (Å²) in [5, 5.41) is 3.86. The Morgan fingerprint density at radius 2 is 1.64 bits per heavy atom. The van der Waals surface area contributed by atoms with E-state index in [0.29, 0.717) is 16.8 Å². The molecule has 112 valence electrons. The number of esters is 1. The van der Waals surface area contributed by atoms with Crippen molar-refractivity contribution < 1.29 is 14.3 Å². The molecule has 6 heteroatoms. The lowest BCUT2D eigenvalue weighted by atomic mass is 10.1. The van der Waals surface area contributed by atoms with Crippen molar-refractivity contribution >= 4 is 23.8 Å². The van der Waals surface area contributed by atoms with Gasteiger partial charge in [0.1, 0.15) is 0 Å². The summed E-state index contributed by atoms with van der Waals surface area (Å²) in [5.41, 5.74) is 10.2. The van der Waals surface area contributed by atoms with E-state index in [-0.39, 0.29) is 5.91 Å². The van der Waals surface area contributed by atoms with Crippen molar-refractivity contribution in [3.8, 4) is 0 Å². The van der Waals surface area contributed by atoms with Gasteiger partial charge in [-0.25, -0.2) is 10.2 Å². The third-order valence-electron chi connectivity index (χ3n) is 2.88. The molecular formula is C16H15N3O3. The first-order chi connectivity index (χ1) is 10.6. The van der Waals surface area contributed by atoms with Crippen LogP contribution in [0.5, 0.6) is 0 Å². The van der Waals surface area contributed by atoms with Crippen LogP contribution in [0.3, 0.4) is 0 Å². The van der Waals surface area contributed by atoms with E-state index in [1.54, 1.807) is 48.5 Å². The van der Waals surface area contributed by atoms with Crippen LogP contribution in [-0.4, -0.2) is 25.2 Å². The Kier molecular flexibility index (Phi) is 4.87. The molecule has 0 unspecified atom stereocenters. The number of carbonyl (C=O) groups is 2. The van der Waals surface area contributed by atoms with Gasteiger partial charge in [-0.15, -0.1) is 0 Å². The minimum Gasteiger partial charge on any atom is -0.465 e. The number of benzene rings is 2. The SMILES string of the molecule is COC(=O)c1ccc(/C=N\NC(=O)c2ccc(N)cc2)cc1. The molecule has 0 aliphatic carbocycles. The number of carbonyl (C=O) groups excluding carboxylic acids is 2. The van der Waals surface area contributed by atoms with Gasteiger partial charge < -0.3 is 10.5 Å². The molecule has 0 saturated heterocycles. The highest BCUT2D eigenvalue weighted by Gasteiger charge is 2.04. The van der Waals surface area contributed by atoms with Crippen LogP contribution in [0.2, 0.25) is 0 Å². The maximum absolute atomic E-state index is 11.8. The molecule has 0 saturated carbocycles. The Labute approximate surface area is 127 Å². The molecule has 0 bridgehead atoms. The van der Waals surface area contributed by atoms with E-state index in [4.69, 9.17) is 5.73 Å². The summed E-state index contributed by atoms with van der Waals surface area (Å²) in [5.74, 6) is -0.734. The largest absolute Gasteiger partial charge is 0.465 e. The second kappa shape index (κ2) is 7.03. The highest BCUT2D eigenvalue weighted by Crippen LogP contribution is 2.06. The number of hydrazone groups is 1. The van der Waals surface area contributed by atoms with Crippen LogP contribution in [0.25, 0.3) is 0 Å². The average molecular weight is 297 g/mol. The van der Waals surface area contributed by atoms with E-state index < -0.39 is 5.97 Å². The Balaban J connectivity index is 1.96. The van der Waals surface area contributed by atoms with Crippen LogP contribution in [0, 0.1) is 0 Å². The average Bonchev–Trinajstić information content (AvgIpc) is 2.55. The minimum atomic E-state index is -0.403. The molecule has 2 rings (SSSR count). The fourth-order valence-electron chi connectivity index (χ4n) is 1.69. The van der Waals surface area contributed by atoms with Crippen molar-refractivity contribution in [1.82, 2.24) is 5.43 Å². The van der Waals surface area contributed by atoms with E-state index in [2.05, 4.69) is 15.3 Å². The number of rotatable bonds is 4. The molecule has 22 heavy (non-hydrogen) atoms. The van der Waals surface area contributed by atoms with Crippen LogP contribution < -0.4 is 11.2 Å². The molecule has 0 spiro atoms. The quantitative estimate of drug-likeness (QED) is 0.389. The van der Waals surface area contributed by atoms with Crippen LogP contribution in [0.1, 0.15) is 26.3 Å². The first kappa shape index (κ1) is 15.2. The van der Waals surface area contributed by atoms with Gasteiger partial charge in [-0.1, -0.05) is 12.1 Å². The van der Waals surface area contributed by atoms with Gasteiger partial charge in [0.05, 0.1) is 18.9 Å². The molecule has 3 N–H and O–H groups in total. The van der Waals surface area contributed by atoms with Gasteiger partial charge in [-0.05, 0) is 42.0 Å². The third kappa shape index (κ3) is 3.92. The predicted molar refractivity (Wildman–Crippen MR) is 83.7 cm³/mol. The van der Waals surface area contributed by atoms with Crippen molar-refractivity contribution in [2.45, 2.75) is 0 Å². The minimum absolute atomic E-state index is 0.331. The molecule has 0 heterocycles. The summed E-state index contributed by atoms with van der Waals surface area (Å²) in [7, 11) is 1.32. The number of nitrogens with two attached hydrogens (primary N) is 1. The van der Waals surface area contributed by atoms with Crippen molar-refractivity contribution in [2.24, 2.45) is 5.10 Å². The molecule has 1 amide bonds. The number of amides is 1. The van der Waals surface area contributed by atoms with E-state index in [1.807, 2.05) is 0 Å². The highest BCUT2D eigenvalue weighted by molar-refractivity contribution is 5.95. The molecule has 0 aromatic heterocycles. The van der Waals surface area contributed by atoms with Gasteiger partial charge in [0, 0.05) is 11.3 Å². The number of nitrogens with zero attached hydrogens (tertiary/aromatic N) is 1. The van der Waals surface area contributed by atoms with Crippen LogP contribution in [-0.2, 0) is 4.74 Å². The second-order valence-electron chi connectivity index (χ2n) is 4.43. The lowest BCUT2D eigenvalue weighted by Crippen LogP contribution is -2.17. The zero-order chi connectivity index (χ0) is 15.9. The fraction of sp³-hybridized carbons (Fsp3) is 0.0625. The number of hydrogen-bond acceptors (Lipinski definition) is 5. The lowest BCUT2D eigenvalue weighted by Gasteiger charge is -2.01. The van der Waals surface area contributed by atoms with E-state index in [9.17, 15) is 9.59 Å². The number of nitrogen functional groups attached to an aromatic ring is 1. The maximum Gasteiger partial charge on any atom is 0.337 e. The van der Waals surface area contributed by atoms with E-state index in [1.165, 1.54) is 13.3 Å². The van der Waals surface area contributed by atoms with Gasteiger partial charge in [0.2, 0.25) is 0 Å². The maximum atomic E-state index is 11.8. The number of anilines is 1. The zero-order valence-electron chi connectivity index (χ0n) is 11.9.